The normalized spacial score (nSPS) is 13.1. The molecule has 15 aromatic rings. The van der Waals surface area contributed by atoms with Crippen LogP contribution in [0, 0.1) is 38.2 Å². The van der Waals surface area contributed by atoms with Crippen LogP contribution in [0.2, 0.25) is 5.02 Å². The predicted octanol–water partition coefficient (Wildman–Crippen LogP) is 12.7. The number of rotatable bonds is 48. The molecule has 8 heterocycles. The highest BCUT2D eigenvalue weighted by molar-refractivity contribution is 7.54. The summed E-state index contributed by atoms with van der Waals surface area (Å²) in [6.45, 7) is 5.38. The number of hydrogen-bond donors (Lipinski definition) is 8. The minimum Gasteiger partial charge on any atom is -0.496 e. The predicted molar refractivity (Wildman–Crippen MR) is 521 cm³/mol. The smallest absolute Gasteiger partial charge is 0.356 e. The third-order valence-corrected chi connectivity index (χ3v) is 26.7. The monoisotopic (exact) mass is 2090 g/mol. The molecule has 7 aromatic carbocycles. The van der Waals surface area contributed by atoms with Crippen molar-refractivity contribution in [1.82, 2.24) is 78.1 Å². The number of nitrogen functional groups attached to an aromatic ring is 4. The van der Waals surface area contributed by atoms with E-state index in [0.29, 0.717) is 55.4 Å². The highest BCUT2D eigenvalue weighted by atomic mass is 35.5. The molecule has 8 aromatic heterocycles. The zero-order valence-corrected chi connectivity index (χ0v) is 82.1. The first-order valence-electron chi connectivity index (χ1n) is 43.4. The first-order chi connectivity index (χ1) is 68.9. The molecule has 15 rings (SSSR count). The fourth-order valence-corrected chi connectivity index (χ4v) is 18.1. The highest BCUT2D eigenvalue weighted by Crippen LogP contribution is 2.52. The summed E-state index contributed by atoms with van der Waals surface area (Å²) in [5.74, 6) is -2.59. The quantitative estimate of drug-likeness (QED) is 0.00997. The Kier molecular flexibility index (Phi) is 38.9. The Morgan fingerprint density at radius 3 is 0.931 bits per heavy atom. The van der Waals surface area contributed by atoms with Crippen molar-refractivity contribution in [3.8, 4) is 5.75 Å². The number of ketones is 4. The number of carbonyl (C=O) groups excluding carboxylic acids is 4. The Balaban J connectivity index is 0.000000172. The molecule has 0 aliphatic heterocycles. The van der Waals surface area contributed by atoms with E-state index in [-0.39, 0.29) is 172 Å². The molecule has 0 radical (unpaired) electrons. The zero-order chi connectivity index (χ0) is 103. The third kappa shape index (κ3) is 32.3. The summed E-state index contributed by atoms with van der Waals surface area (Å²) in [5, 5.41) is 0.512. The standard InChI is InChI=1S/C25H27FN5O7P.2C24H25FN5O6P.C18H21ClN5O6P/c1-16-6-7-18(11-21(16)35-2)20(32)13-38-39(34,37-12-17-4-3-5-19(26)10-17)15-36-9-8-31-14-28-22-23(31)29-25(27)30-24(22)33;2*1-16-5-7-18(8-6-16)20(31)13-36-37(33,35-12-17-3-2-4-19(25)11-17)15-34-10-9-30-14-27-21-22(30)28-24(26)29-23(21)32;1-12(25)8-29-31(27,30-9-13-3-2-4-14(19)7-13)11-28-6-5-24-10-21-15-16(24)22-18(20)23-17(15)26/h3-7,10-11,14H,8-9,12-13,15H2,1-2H3,(H3,27,29,30,33);2*2-8,11,14H,9-10,12-13,15H2,1H3,(H3,26,28,29,32);2-4,7,10H,5-6,8-9,11H2,1H3,(H3,20,22,23,26). The van der Waals surface area contributed by atoms with Crippen molar-refractivity contribution in [1.29, 1.82) is 0 Å². The molecule has 0 aliphatic carbocycles. The molecule has 0 saturated carbocycles. The van der Waals surface area contributed by atoms with Gasteiger partial charge in [0.05, 0.1) is 85.3 Å². The lowest BCUT2D eigenvalue weighted by atomic mass is 10.1. The first-order valence-corrected chi connectivity index (χ1v) is 50.7. The molecule has 144 heavy (non-hydrogen) atoms. The molecule has 0 spiro atoms. The minimum atomic E-state index is -3.99. The van der Waals surface area contributed by atoms with Gasteiger partial charge in [-0.2, -0.15) is 19.9 Å². The van der Waals surface area contributed by atoms with Crippen LogP contribution in [-0.2, 0) is 131 Å². The summed E-state index contributed by atoms with van der Waals surface area (Å²) in [4.78, 5) is 138. The number of aryl methyl sites for hydroxylation is 3. The number of Topliss-reactive ketones (excluding diaryl/α,β-unsaturated/α-hetero) is 4. The Hall–Kier alpha value is -13.9. The Morgan fingerprint density at radius 2 is 0.646 bits per heavy atom. The van der Waals surface area contributed by atoms with Gasteiger partial charge in [-0.05, 0) is 110 Å². The maximum Gasteiger partial charge on any atom is 0.356 e. The van der Waals surface area contributed by atoms with Crippen molar-refractivity contribution in [2.75, 3.05) is 108 Å². The molecule has 4 atom stereocenters. The average molecular weight is 2090 g/mol. The molecule has 4 unspecified atom stereocenters. The van der Waals surface area contributed by atoms with Crippen LogP contribution in [0.25, 0.3) is 44.7 Å². The summed E-state index contributed by atoms with van der Waals surface area (Å²) < 4.78 is 171. The van der Waals surface area contributed by atoms with E-state index in [2.05, 4.69) is 59.8 Å². The molecular weight excluding hydrogens is 1990 g/mol. The first kappa shape index (κ1) is 109. The van der Waals surface area contributed by atoms with Crippen molar-refractivity contribution in [2.24, 2.45) is 0 Å². The van der Waals surface area contributed by atoms with Gasteiger partial charge in [0.1, 0.15) is 75.0 Å². The van der Waals surface area contributed by atoms with Crippen LogP contribution in [0.5, 0.6) is 5.75 Å². The average Bonchev–Trinajstić information content (AvgIpc) is 1.67. The Labute approximate surface area is 820 Å². The Bertz CT molecular complexity index is 7290. The summed E-state index contributed by atoms with van der Waals surface area (Å²) in [5.41, 5.74) is 28.1. The number of anilines is 4. The number of halogens is 4. The van der Waals surface area contributed by atoms with Gasteiger partial charge in [0.15, 0.2) is 67.8 Å². The maximum atomic E-state index is 13.6. The number of nitrogens with zero attached hydrogens (tertiary/aromatic N) is 12. The van der Waals surface area contributed by atoms with Gasteiger partial charge in [0.2, 0.25) is 23.8 Å². The van der Waals surface area contributed by atoms with Gasteiger partial charge >= 0.3 is 30.4 Å². The lowest BCUT2D eigenvalue weighted by molar-refractivity contribution is -0.119. The zero-order valence-electron chi connectivity index (χ0n) is 77.7. The van der Waals surface area contributed by atoms with E-state index in [9.17, 15) is 69.8 Å². The largest absolute Gasteiger partial charge is 0.496 e. The van der Waals surface area contributed by atoms with Crippen molar-refractivity contribution >= 4 is 134 Å². The third-order valence-electron chi connectivity index (χ3n) is 20.3. The van der Waals surface area contributed by atoms with Gasteiger partial charge in [-0.15, -0.1) is 0 Å². The number of nitrogens with two attached hydrogens (primary N) is 4. The Morgan fingerprint density at radius 1 is 0.368 bits per heavy atom. The molecule has 0 aliphatic rings. The second-order valence-corrected chi connectivity index (χ2v) is 39.9. The van der Waals surface area contributed by atoms with Crippen LogP contribution in [0.15, 0.2) is 208 Å². The van der Waals surface area contributed by atoms with Gasteiger partial charge in [-0.1, -0.05) is 132 Å². The van der Waals surface area contributed by atoms with Gasteiger partial charge in [0.25, 0.3) is 22.2 Å². The minimum absolute atomic E-state index is 0.0135. The fraction of sp³-hybridized carbons (Fsp3) is 0.275. The topological polar surface area (TPSA) is 615 Å². The molecule has 0 bridgehead atoms. The van der Waals surface area contributed by atoms with Crippen LogP contribution < -0.4 is 49.9 Å². The molecule has 0 fully saturated rings. The van der Waals surface area contributed by atoms with Crippen molar-refractivity contribution in [3.63, 3.8) is 0 Å². The summed E-state index contributed by atoms with van der Waals surface area (Å²) in [7, 11) is -14.1. The number of hydrogen-bond acceptors (Lipinski definition) is 37. The maximum absolute atomic E-state index is 13.6. The van der Waals surface area contributed by atoms with Crippen LogP contribution in [0.4, 0.5) is 37.0 Å². The van der Waals surface area contributed by atoms with Crippen molar-refractivity contribution < 1.29 is 110 Å². The van der Waals surface area contributed by atoms with E-state index < -0.39 is 115 Å². The van der Waals surface area contributed by atoms with E-state index in [1.165, 1.54) is 93.9 Å². The second kappa shape index (κ2) is 51.4. The van der Waals surface area contributed by atoms with Crippen molar-refractivity contribution in [3.05, 3.63) is 309 Å². The molecular formula is C91H98ClF3N20O25P4. The van der Waals surface area contributed by atoms with Gasteiger partial charge in [0, 0.05) is 47.9 Å². The fourth-order valence-electron chi connectivity index (χ4n) is 12.9. The van der Waals surface area contributed by atoms with Gasteiger partial charge in [-0.3, -0.25) is 94.6 Å². The number of benzene rings is 7. The van der Waals surface area contributed by atoms with Crippen LogP contribution >= 0.6 is 42.0 Å². The molecule has 0 saturated heterocycles. The van der Waals surface area contributed by atoms with Crippen LogP contribution in [0.1, 0.15) is 76.9 Å². The van der Waals surface area contributed by atoms with Crippen LogP contribution in [-0.4, -0.2) is 187 Å². The second-order valence-electron chi connectivity index (χ2n) is 31.4. The highest BCUT2D eigenvalue weighted by Gasteiger charge is 2.33. The number of fused-ring (bicyclic) bond motifs is 4. The van der Waals surface area contributed by atoms with Crippen LogP contribution in [0.3, 0.4) is 0 Å². The van der Waals surface area contributed by atoms with E-state index >= 15 is 0 Å². The number of H-pyrrole nitrogens is 4. The van der Waals surface area contributed by atoms with E-state index in [1.54, 1.807) is 127 Å². The molecule has 760 valence electrons. The number of imidazole rings is 4. The molecule has 0 amide bonds. The molecule has 12 N–H and O–H groups in total. The molecule has 45 nitrogen and oxygen atoms in total. The van der Waals surface area contributed by atoms with Gasteiger partial charge < -0.3 is 83.0 Å². The number of aromatic nitrogens is 16. The van der Waals surface area contributed by atoms with E-state index in [1.807, 2.05) is 20.8 Å². The number of aromatic amines is 4. The summed E-state index contributed by atoms with van der Waals surface area (Å²) in [6, 6.07) is 42.4. The summed E-state index contributed by atoms with van der Waals surface area (Å²) >= 11 is 5.94. The SMILES string of the molecule is CC(=O)COP(=O)(COCCn1cnc2c(=O)[nH]c(N)nc21)OCc1cccc(Cl)c1.COc1cc(C(=O)COP(=O)(COCCn2cnc3c(=O)[nH]c(N)nc32)OCc2cccc(F)c2)ccc1C.Cc1ccc(C(=O)COP(=O)(COCCn2cnc3c(=O)[nH]c(N)nc32)OCc2cccc(F)c2)cc1.Cc1ccc(C(=O)COP(=O)(COCCn2cnc3c(=O)[nH]c(N)nc32)OCc2cccc(F)c2)cc1. The van der Waals surface area contributed by atoms with E-state index in [0.717, 1.165) is 16.7 Å². The van der Waals surface area contributed by atoms with E-state index in [4.69, 9.17) is 94.4 Å². The number of carbonyl (C=O) groups is 4. The number of methoxy groups -OCH3 is 1. The van der Waals surface area contributed by atoms with Crippen molar-refractivity contribution in [2.45, 2.75) is 80.3 Å². The number of ether oxygens (including phenoxy) is 5. The van der Waals surface area contributed by atoms with Gasteiger partial charge in [-0.25, -0.2) is 33.1 Å². The lowest BCUT2D eigenvalue weighted by Crippen LogP contribution is -2.14. The number of nitrogens with one attached hydrogen (secondary N) is 4. The lowest BCUT2D eigenvalue weighted by Gasteiger charge is -2.19. The summed E-state index contributed by atoms with van der Waals surface area (Å²) in [6.07, 6.45) is 3.86. The molecule has 53 heteroatoms.